The van der Waals surface area contributed by atoms with Gasteiger partial charge in [0.05, 0.1) is 11.4 Å². The molecule has 0 unspecified atom stereocenters. The summed E-state index contributed by atoms with van der Waals surface area (Å²) < 4.78 is 36.6. The lowest BCUT2D eigenvalue weighted by atomic mass is 10.3. The maximum atomic E-state index is 12.4. The number of ether oxygens (including phenoxy) is 1. The van der Waals surface area contributed by atoms with Gasteiger partial charge in [0.25, 0.3) is 5.91 Å². The molecule has 1 N–H and O–H groups in total. The highest BCUT2D eigenvalue weighted by Gasteiger charge is 2.16. The van der Waals surface area contributed by atoms with Gasteiger partial charge < -0.3 is 19.0 Å². The van der Waals surface area contributed by atoms with E-state index >= 15 is 0 Å². The predicted octanol–water partition coefficient (Wildman–Crippen LogP) is 4.16. The standard InChI is InChI=1S/C17H15F2N3O3S/c1-22-9-8-20-17(22)26-10-11-6-7-14(24-11)15(23)21-12-4-2-3-5-13(12)25-16(18)19/h2-9,16H,10H2,1H3,(H,21,23). The number of anilines is 1. The highest BCUT2D eigenvalue weighted by Crippen LogP contribution is 2.27. The average molecular weight is 379 g/mol. The molecule has 2 aromatic heterocycles. The van der Waals surface area contributed by atoms with Crippen LogP contribution in [0.4, 0.5) is 14.5 Å². The second-order valence-electron chi connectivity index (χ2n) is 5.20. The number of rotatable bonds is 7. The first kappa shape index (κ1) is 18.0. The number of thioether (sulfide) groups is 1. The summed E-state index contributed by atoms with van der Waals surface area (Å²) in [5.74, 6) is 0.507. The summed E-state index contributed by atoms with van der Waals surface area (Å²) in [4.78, 5) is 16.5. The summed E-state index contributed by atoms with van der Waals surface area (Å²) in [5.41, 5.74) is 0.137. The Bertz CT molecular complexity index is 895. The van der Waals surface area contributed by atoms with Crippen molar-refractivity contribution in [3.8, 4) is 5.75 Å². The van der Waals surface area contributed by atoms with Gasteiger partial charge in [-0.05, 0) is 24.3 Å². The van der Waals surface area contributed by atoms with Crippen LogP contribution in [0.3, 0.4) is 0 Å². The summed E-state index contributed by atoms with van der Waals surface area (Å²) in [7, 11) is 1.88. The number of aromatic nitrogens is 2. The van der Waals surface area contributed by atoms with E-state index in [0.29, 0.717) is 11.5 Å². The van der Waals surface area contributed by atoms with Gasteiger partial charge in [-0.1, -0.05) is 23.9 Å². The number of furan rings is 1. The van der Waals surface area contributed by atoms with Crippen molar-refractivity contribution in [2.75, 3.05) is 5.32 Å². The number of hydrogen-bond donors (Lipinski definition) is 1. The molecule has 6 nitrogen and oxygen atoms in total. The lowest BCUT2D eigenvalue weighted by Gasteiger charge is -2.10. The molecule has 0 spiro atoms. The van der Waals surface area contributed by atoms with Crippen molar-refractivity contribution in [2.45, 2.75) is 17.5 Å². The van der Waals surface area contributed by atoms with Crippen LogP contribution in [0.5, 0.6) is 5.75 Å². The summed E-state index contributed by atoms with van der Waals surface area (Å²) in [5, 5.41) is 3.33. The minimum Gasteiger partial charge on any atom is -0.455 e. The second kappa shape index (κ2) is 8.05. The fourth-order valence-corrected chi connectivity index (χ4v) is 2.98. The third-order valence-corrected chi connectivity index (χ3v) is 4.44. The van der Waals surface area contributed by atoms with Crippen molar-refractivity contribution in [3.05, 3.63) is 60.3 Å². The highest BCUT2D eigenvalue weighted by atomic mass is 32.2. The zero-order valence-corrected chi connectivity index (χ0v) is 14.5. The van der Waals surface area contributed by atoms with Crippen molar-refractivity contribution in [3.63, 3.8) is 0 Å². The molecule has 0 bridgehead atoms. The average Bonchev–Trinajstić information content (AvgIpc) is 3.23. The van der Waals surface area contributed by atoms with E-state index in [1.807, 2.05) is 17.8 Å². The van der Waals surface area contributed by atoms with E-state index in [1.54, 1.807) is 18.3 Å². The zero-order chi connectivity index (χ0) is 18.5. The Labute approximate surface area is 152 Å². The van der Waals surface area contributed by atoms with Crippen LogP contribution in [0.15, 0.2) is 58.4 Å². The van der Waals surface area contributed by atoms with Crippen LogP contribution >= 0.6 is 11.8 Å². The molecule has 0 aliphatic heterocycles. The first-order valence-electron chi connectivity index (χ1n) is 7.57. The van der Waals surface area contributed by atoms with Gasteiger partial charge in [-0.25, -0.2) is 4.98 Å². The van der Waals surface area contributed by atoms with Gasteiger partial charge in [0, 0.05) is 19.4 Å². The van der Waals surface area contributed by atoms with E-state index in [-0.39, 0.29) is 17.2 Å². The third-order valence-electron chi connectivity index (χ3n) is 3.36. The van der Waals surface area contributed by atoms with Gasteiger partial charge >= 0.3 is 6.61 Å². The molecule has 0 atom stereocenters. The Morgan fingerprint density at radius 1 is 1.35 bits per heavy atom. The fraction of sp³-hybridized carbons (Fsp3) is 0.176. The van der Waals surface area contributed by atoms with Gasteiger partial charge in [0.2, 0.25) is 0 Å². The topological polar surface area (TPSA) is 69.3 Å². The largest absolute Gasteiger partial charge is 0.455 e. The number of nitrogens with one attached hydrogen (secondary N) is 1. The zero-order valence-electron chi connectivity index (χ0n) is 13.7. The summed E-state index contributed by atoms with van der Waals surface area (Å²) in [6, 6.07) is 9.17. The van der Waals surface area contributed by atoms with Gasteiger partial charge in [-0.3, -0.25) is 4.79 Å². The Hall–Kier alpha value is -2.81. The van der Waals surface area contributed by atoms with Crippen molar-refractivity contribution < 1.29 is 22.7 Å². The van der Waals surface area contributed by atoms with Gasteiger partial charge in [-0.15, -0.1) is 0 Å². The monoisotopic (exact) mass is 379 g/mol. The van der Waals surface area contributed by atoms with Gasteiger partial charge in [0.15, 0.2) is 10.9 Å². The normalized spacial score (nSPS) is 10.9. The number of amides is 1. The molecule has 136 valence electrons. The minimum absolute atomic E-state index is 0.0762. The van der Waals surface area contributed by atoms with Crippen LogP contribution in [-0.2, 0) is 12.8 Å². The SMILES string of the molecule is Cn1ccnc1SCc1ccc(C(=O)Nc2ccccc2OC(F)F)o1. The number of hydrogen-bond acceptors (Lipinski definition) is 5. The van der Waals surface area contributed by atoms with E-state index in [0.717, 1.165) is 5.16 Å². The van der Waals surface area contributed by atoms with E-state index in [1.165, 1.54) is 36.0 Å². The van der Waals surface area contributed by atoms with Crippen LogP contribution < -0.4 is 10.1 Å². The van der Waals surface area contributed by atoms with Crippen LogP contribution in [0, 0.1) is 0 Å². The molecule has 3 aromatic rings. The summed E-state index contributed by atoms with van der Waals surface area (Å²) >= 11 is 1.47. The van der Waals surface area contributed by atoms with Crippen LogP contribution in [-0.4, -0.2) is 22.1 Å². The van der Waals surface area contributed by atoms with E-state index in [2.05, 4.69) is 15.0 Å². The Morgan fingerprint density at radius 3 is 2.88 bits per heavy atom. The minimum atomic E-state index is -2.98. The molecule has 9 heteroatoms. The molecule has 0 fully saturated rings. The Morgan fingerprint density at radius 2 is 2.15 bits per heavy atom. The number of imidazole rings is 1. The number of carbonyl (C=O) groups is 1. The Balaban J connectivity index is 1.64. The maximum absolute atomic E-state index is 12.4. The first-order chi connectivity index (χ1) is 12.5. The van der Waals surface area contributed by atoms with E-state index in [4.69, 9.17) is 4.42 Å². The lowest BCUT2D eigenvalue weighted by molar-refractivity contribution is -0.0493. The second-order valence-corrected chi connectivity index (χ2v) is 6.15. The molecular weight excluding hydrogens is 364 g/mol. The molecule has 0 radical (unpaired) electrons. The number of para-hydroxylation sites is 2. The molecule has 2 heterocycles. The smallest absolute Gasteiger partial charge is 0.387 e. The van der Waals surface area contributed by atoms with E-state index in [9.17, 15) is 13.6 Å². The Kier molecular flexibility index (Phi) is 5.57. The lowest BCUT2D eigenvalue weighted by Crippen LogP contribution is -2.13. The molecule has 0 saturated carbocycles. The van der Waals surface area contributed by atoms with E-state index < -0.39 is 12.5 Å². The number of halogens is 2. The van der Waals surface area contributed by atoms with Crippen molar-refractivity contribution in [2.24, 2.45) is 7.05 Å². The number of alkyl halides is 2. The van der Waals surface area contributed by atoms with Crippen LogP contribution in [0.1, 0.15) is 16.3 Å². The molecule has 3 rings (SSSR count). The number of nitrogens with zero attached hydrogens (tertiary/aromatic N) is 2. The molecule has 1 amide bonds. The quantitative estimate of drug-likeness (QED) is 0.624. The third kappa shape index (κ3) is 4.42. The van der Waals surface area contributed by atoms with Crippen molar-refractivity contribution in [1.29, 1.82) is 0 Å². The molecule has 1 aromatic carbocycles. The van der Waals surface area contributed by atoms with Crippen LogP contribution in [0.25, 0.3) is 0 Å². The summed E-state index contributed by atoms with van der Waals surface area (Å²) in [6.45, 7) is -2.98. The van der Waals surface area contributed by atoms with Gasteiger partial charge in [0.1, 0.15) is 11.5 Å². The molecule has 0 aliphatic carbocycles. The van der Waals surface area contributed by atoms with Crippen molar-refractivity contribution in [1.82, 2.24) is 9.55 Å². The predicted molar refractivity (Wildman–Crippen MR) is 92.5 cm³/mol. The molecule has 26 heavy (non-hydrogen) atoms. The van der Waals surface area contributed by atoms with Crippen LogP contribution in [0.2, 0.25) is 0 Å². The fourth-order valence-electron chi connectivity index (χ4n) is 2.16. The number of benzene rings is 1. The van der Waals surface area contributed by atoms with Gasteiger partial charge in [-0.2, -0.15) is 8.78 Å². The molecular formula is C17H15F2N3O3S. The molecule has 0 saturated heterocycles. The highest BCUT2D eigenvalue weighted by molar-refractivity contribution is 7.98. The molecule has 0 aliphatic rings. The maximum Gasteiger partial charge on any atom is 0.387 e. The van der Waals surface area contributed by atoms with Crippen molar-refractivity contribution >= 4 is 23.4 Å². The first-order valence-corrected chi connectivity index (χ1v) is 8.55. The summed E-state index contributed by atoms with van der Waals surface area (Å²) in [6.07, 6.45) is 3.53. The number of carbonyl (C=O) groups excluding carboxylic acids is 1. The number of aryl methyl sites for hydroxylation is 1.